The number of sulfonamides is 1. The fraction of sp³-hybridized carbons (Fsp3) is 0. The second-order valence-corrected chi connectivity index (χ2v) is 7.66. The highest BCUT2D eigenvalue weighted by atomic mass is 32.2. The molecule has 4 rings (SSSR count). The number of fused-ring (bicyclic) bond motifs is 1. The topological polar surface area (TPSA) is 103 Å². The Labute approximate surface area is 166 Å². The third-order valence-corrected chi connectivity index (χ3v) is 5.26. The Morgan fingerprint density at radius 1 is 1.04 bits per heavy atom. The number of hydrogen-bond acceptors (Lipinski definition) is 6. The van der Waals surface area contributed by atoms with E-state index in [-0.39, 0.29) is 4.90 Å². The van der Waals surface area contributed by atoms with E-state index in [0.29, 0.717) is 11.5 Å². The molecule has 0 radical (unpaired) electrons. The Morgan fingerprint density at radius 3 is 2.39 bits per heavy atom. The largest absolute Gasteiger partial charge is 0.301 e. The summed E-state index contributed by atoms with van der Waals surface area (Å²) in [5.41, 5.74) is 3.16. The van der Waals surface area contributed by atoms with E-state index in [1.54, 1.807) is 12.1 Å². The predicted octanol–water partition coefficient (Wildman–Crippen LogP) is 3.47. The van der Waals surface area contributed by atoms with Crippen molar-refractivity contribution in [1.29, 1.82) is 0 Å². The van der Waals surface area contributed by atoms with Gasteiger partial charge in [0.15, 0.2) is 11.5 Å². The van der Waals surface area contributed by atoms with Crippen molar-refractivity contribution in [1.82, 2.24) is 14.5 Å². The van der Waals surface area contributed by atoms with E-state index < -0.39 is 10.0 Å². The lowest BCUT2D eigenvalue weighted by Crippen LogP contribution is -2.12. The minimum Gasteiger partial charge on any atom is -0.301 e. The Bertz CT molecular complexity index is 1320. The molecule has 0 aliphatic carbocycles. The van der Waals surface area contributed by atoms with Crippen LogP contribution in [0.25, 0.3) is 27.8 Å². The highest BCUT2D eigenvalue weighted by Crippen LogP contribution is 2.36. The molecule has 0 saturated heterocycles. The number of isothiocyanates is 1. The SMILES string of the molecule is NS(=O)(=O)c1ccc(-n2cc(-c3ccccc3)c3c(N=C=S)ncnc32)cc1. The van der Waals surface area contributed by atoms with E-state index in [1.807, 2.05) is 41.1 Å². The number of nitrogens with zero attached hydrogens (tertiary/aromatic N) is 4. The fourth-order valence-electron chi connectivity index (χ4n) is 3.00. The summed E-state index contributed by atoms with van der Waals surface area (Å²) in [5.74, 6) is 0.416. The van der Waals surface area contributed by atoms with Gasteiger partial charge in [-0.25, -0.2) is 23.5 Å². The number of benzene rings is 2. The third-order valence-electron chi connectivity index (χ3n) is 4.24. The van der Waals surface area contributed by atoms with Crippen molar-refractivity contribution < 1.29 is 8.42 Å². The van der Waals surface area contributed by atoms with Crippen LogP contribution in [0.4, 0.5) is 5.82 Å². The van der Waals surface area contributed by atoms with Crippen LogP contribution >= 0.6 is 12.2 Å². The molecule has 0 aliphatic heterocycles. The van der Waals surface area contributed by atoms with Crippen LogP contribution in [-0.2, 0) is 10.0 Å². The first-order valence-corrected chi connectivity index (χ1v) is 10.1. The quantitative estimate of drug-likeness (QED) is 0.412. The Hall–Kier alpha value is -3.23. The molecule has 0 bridgehead atoms. The van der Waals surface area contributed by atoms with Gasteiger partial charge in [0.05, 0.1) is 15.4 Å². The van der Waals surface area contributed by atoms with Crippen molar-refractivity contribution in [3.63, 3.8) is 0 Å². The molecule has 4 aromatic rings. The lowest BCUT2D eigenvalue weighted by Gasteiger charge is -2.05. The maximum atomic E-state index is 11.5. The Morgan fingerprint density at radius 2 is 1.75 bits per heavy atom. The maximum Gasteiger partial charge on any atom is 0.238 e. The molecule has 2 heterocycles. The smallest absolute Gasteiger partial charge is 0.238 e. The van der Waals surface area contributed by atoms with Crippen molar-refractivity contribution in [3.05, 3.63) is 67.1 Å². The van der Waals surface area contributed by atoms with Crippen molar-refractivity contribution in [2.24, 2.45) is 10.1 Å². The van der Waals surface area contributed by atoms with Crippen LogP contribution in [0.15, 0.2) is 77.0 Å². The molecule has 0 unspecified atom stereocenters. The van der Waals surface area contributed by atoms with Gasteiger partial charge in [-0.2, -0.15) is 4.99 Å². The summed E-state index contributed by atoms with van der Waals surface area (Å²) in [7, 11) is -3.77. The first kappa shape index (κ1) is 18.1. The minimum absolute atomic E-state index is 0.0385. The molecule has 7 nitrogen and oxygen atoms in total. The van der Waals surface area contributed by atoms with Gasteiger partial charge in [-0.15, -0.1) is 0 Å². The Balaban J connectivity index is 2.00. The molecule has 28 heavy (non-hydrogen) atoms. The molecule has 0 saturated carbocycles. The zero-order valence-electron chi connectivity index (χ0n) is 14.4. The summed E-state index contributed by atoms with van der Waals surface area (Å²) >= 11 is 4.75. The summed E-state index contributed by atoms with van der Waals surface area (Å²) in [6, 6.07) is 16.0. The molecule has 2 aromatic heterocycles. The van der Waals surface area contributed by atoms with Crippen LogP contribution in [0.3, 0.4) is 0 Å². The third kappa shape index (κ3) is 3.23. The highest BCUT2D eigenvalue weighted by molar-refractivity contribution is 7.89. The van der Waals surface area contributed by atoms with E-state index in [9.17, 15) is 8.42 Å². The molecule has 0 spiro atoms. The summed E-state index contributed by atoms with van der Waals surface area (Å²) in [4.78, 5) is 12.7. The van der Waals surface area contributed by atoms with E-state index in [0.717, 1.165) is 22.2 Å². The van der Waals surface area contributed by atoms with Gasteiger partial charge in [-0.1, -0.05) is 30.3 Å². The predicted molar refractivity (Wildman–Crippen MR) is 110 cm³/mol. The van der Waals surface area contributed by atoms with Crippen molar-refractivity contribution in [3.8, 4) is 16.8 Å². The molecule has 0 fully saturated rings. The van der Waals surface area contributed by atoms with Gasteiger partial charge < -0.3 is 4.57 Å². The van der Waals surface area contributed by atoms with Gasteiger partial charge in [0.25, 0.3) is 0 Å². The second-order valence-electron chi connectivity index (χ2n) is 5.92. The second kappa shape index (κ2) is 7.06. The van der Waals surface area contributed by atoms with Crippen LogP contribution in [0.2, 0.25) is 0 Å². The van der Waals surface area contributed by atoms with E-state index in [4.69, 9.17) is 17.4 Å². The van der Waals surface area contributed by atoms with Crippen LogP contribution < -0.4 is 5.14 Å². The molecule has 2 aromatic carbocycles. The first-order chi connectivity index (χ1) is 13.5. The zero-order valence-corrected chi connectivity index (χ0v) is 16.0. The summed E-state index contributed by atoms with van der Waals surface area (Å²) in [5, 5.41) is 8.26. The summed E-state index contributed by atoms with van der Waals surface area (Å²) in [6.45, 7) is 0. The first-order valence-electron chi connectivity index (χ1n) is 8.11. The number of aliphatic imine (C=N–C) groups is 1. The highest BCUT2D eigenvalue weighted by Gasteiger charge is 2.17. The standard InChI is InChI=1S/C19H13N5O2S2/c20-28(25,26)15-8-6-14(7-9-15)24-10-16(13-4-2-1-3-5-13)17-18(23-12-27)21-11-22-19(17)24/h1-11H,(H2,20,25,26). The van der Waals surface area contributed by atoms with Crippen molar-refractivity contribution in [2.45, 2.75) is 4.90 Å². The van der Waals surface area contributed by atoms with Gasteiger partial charge in [0.2, 0.25) is 10.0 Å². The van der Waals surface area contributed by atoms with Crippen LogP contribution in [-0.4, -0.2) is 28.1 Å². The average Bonchev–Trinajstić information content (AvgIpc) is 3.09. The summed E-state index contributed by atoms with van der Waals surface area (Å²) in [6.07, 6.45) is 3.31. The number of primary sulfonamides is 1. The monoisotopic (exact) mass is 407 g/mol. The fourth-order valence-corrected chi connectivity index (χ4v) is 3.61. The van der Waals surface area contributed by atoms with Gasteiger partial charge in [-0.3, -0.25) is 0 Å². The van der Waals surface area contributed by atoms with Gasteiger partial charge in [0.1, 0.15) is 6.33 Å². The number of thiocarbonyl (C=S) groups is 1. The van der Waals surface area contributed by atoms with E-state index in [1.165, 1.54) is 18.5 Å². The molecule has 0 aliphatic rings. The molecule has 2 N–H and O–H groups in total. The van der Waals surface area contributed by atoms with Gasteiger partial charge in [-0.05, 0) is 42.0 Å². The lowest BCUT2D eigenvalue weighted by atomic mass is 10.1. The molecular formula is C19H13N5O2S2. The molecule has 9 heteroatoms. The van der Waals surface area contributed by atoms with Crippen LogP contribution in [0.5, 0.6) is 0 Å². The molecule has 0 amide bonds. The number of aromatic nitrogens is 3. The van der Waals surface area contributed by atoms with Crippen LogP contribution in [0, 0.1) is 0 Å². The minimum atomic E-state index is -3.77. The summed E-state index contributed by atoms with van der Waals surface area (Å²) < 4.78 is 24.9. The number of rotatable bonds is 4. The van der Waals surface area contributed by atoms with E-state index >= 15 is 0 Å². The number of nitrogens with two attached hydrogens (primary N) is 1. The van der Waals surface area contributed by atoms with Crippen molar-refractivity contribution in [2.75, 3.05) is 0 Å². The Kier molecular flexibility index (Phi) is 4.58. The molecule has 138 valence electrons. The zero-order chi connectivity index (χ0) is 19.7. The lowest BCUT2D eigenvalue weighted by molar-refractivity contribution is 0.598. The van der Waals surface area contributed by atoms with Gasteiger partial charge >= 0.3 is 0 Å². The normalized spacial score (nSPS) is 11.3. The average molecular weight is 407 g/mol. The number of hydrogen-bond donors (Lipinski definition) is 1. The molecular weight excluding hydrogens is 394 g/mol. The van der Waals surface area contributed by atoms with Crippen molar-refractivity contribution >= 4 is 44.3 Å². The van der Waals surface area contributed by atoms with Gasteiger partial charge in [0, 0.05) is 17.4 Å². The van der Waals surface area contributed by atoms with Crippen LogP contribution in [0.1, 0.15) is 0 Å². The maximum absolute atomic E-state index is 11.5. The molecule has 0 atom stereocenters. The van der Waals surface area contributed by atoms with E-state index in [2.05, 4.69) is 20.1 Å².